The molecule has 0 amide bonds. The Morgan fingerprint density at radius 1 is 0.745 bits per heavy atom. The van der Waals surface area contributed by atoms with Crippen LogP contribution >= 0.6 is 0 Å². The molecule has 0 aliphatic rings. The van der Waals surface area contributed by atoms with E-state index in [1.165, 1.54) is 21.1 Å². The van der Waals surface area contributed by atoms with E-state index in [0.29, 0.717) is 11.5 Å². The van der Waals surface area contributed by atoms with Crippen LogP contribution in [-0.2, 0) is 20.1 Å². The molecule has 0 bridgehead atoms. The van der Waals surface area contributed by atoms with Crippen LogP contribution in [0.5, 0.6) is 0 Å². The van der Waals surface area contributed by atoms with Crippen molar-refractivity contribution in [1.82, 2.24) is 19.5 Å². The molecule has 0 aliphatic heterocycles. The van der Waals surface area contributed by atoms with Crippen LogP contribution in [-0.4, -0.2) is 32.8 Å². The van der Waals surface area contributed by atoms with Crippen LogP contribution in [0.2, 0.25) is 17.3 Å². The molecule has 275 valence electrons. The van der Waals surface area contributed by atoms with Crippen molar-refractivity contribution in [3.63, 3.8) is 0 Å². The van der Waals surface area contributed by atoms with Crippen LogP contribution in [0.15, 0.2) is 144 Å². The minimum Gasteiger partial charge on any atom is -0.513 e. The molecule has 0 saturated heterocycles. The molecular formula is C48H42GeIrN4O-2. The first-order valence-electron chi connectivity index (χ1n) is 18.5. The molecule has 0 spiro atoms. The summed E-state index contributed by atoms with van der Waals surface area (Å²) < 4.78 is 10.0. The summed E-state index contributed by atoms with van der Waals surface area (Å²) in [6, 6.07) is 50.3. The van der Waals surface area contributed by atoms with Crippen LogP contribution in [0, 0.1) is 19.1 Å². The number of pyridine rings is 2. The maximum absolute atomic E-state index is 6.34. The minimum absolute atomic E-state index is 0. The van der Waals surface area contributed by atoms with E-state index in [4.69, 9.17) is 9.40 Å². The van der Waals surface area contributed by atoms with Crippen LogP contribution < -0.4 is 4.40 Å². The van der Waals surface area contributed by atoms with E-state index in [2.05, 4.69) is 150 Å². The summed E-state index contributed by atoms with van der Waals surface area (Å²) in [5.74, 6) is 8.61. The Kier molecular flexibility index (Phi) is 11.0. The third-order valence-corrected chi connectivity index (χ3v) is 14.1. The third kappa shape index (κ3) is 7.72. The van der Waals surface area contributed by atoms with Gasteiger partial charge in [0.25, 0.3) is 0 Å². The van der Waals surface area contributed by atoms with E-state index in [0.717, 1.165) is 61.4 Å². The number of para-hydroxylation sites is 2. The van der Waals surface area contributed by atoms with E-state index in [9.17, 15) is 0 Å². The number of rotatable bonds is 6. The summed E-state index contributed by atoms with van der Waals surface area (Å²) in [6.45, 7) is 6.60. The Morgan fingerprint density at radius 2 is 1.47 bits per heavy atom. The largest absolute Gasteiger partial charge is 0.513 e. The van der Waals surface area contributed by atoms with E-state index < -0.39 is 13.3 Å². The molecule has 55 heavy (non-hydrogen) atoms. The molecule has 1 radical (unpaired) electrons. The second-order valence-corrected chi connectivity index (χ2v) is 25.6. The van der Waals surface area contributed by atoms with Gasteiger partial charge in [0, 0.05) is 37.0 Å². The first-order valence-corrected chi connectivity index (χ1v) is 25.8. The van der Waals surface area contributed by atoms with Gasteiger partial charge < -0.3 is 8.98 Å². The van der Waals surface area contributed by atoms with Gasteiger partial charge in [0.2, 0.25) is 0 Å². The molecule has 0 aliphatic carbocycles. The molecule has 0 N–H and O–H groups in total. The Hall–Kier alpha value is -5.14. The smallest absolute Gasteiger partial charge is 0.119 e. The van der Waals surface area contributed by atoms with Crippen LogP contribution in [0.25, 0.3) is 72.6 Å². The van der Waals surface area contributed by atoms with Gasteiger partial charge in [-0.3, -0.25) is 9.97 Å². The molecule has 4 heterocycles. The Labute approximate surface area is 339 Å². The summed E-state index contributed by atoms with van der Waals surface area (Å²) in [4.78, 5) is 14.3. The SMILES string of the molecule is CC(C)c1cc(-c2[c-]cccc2)nc[c]1[Ge]([CH3])([CH3])[CH3].Cc1ccc2c(c1)oc1c(-c3nc4ccccc4n3-c3ccc(-c4ccccc4)cc3)[c-]cnc12.[Ir]. The fraction of sp³-hybridized carbons (Fsp3) is 0.146. The number of aryl methyl sites for hydroxylation is 1. The molecular weight excluding hydrogens is 913 g/mol. The zero-order chi connectivity index (χ0) is 37.4. The van der Waals surface area contributed by atoms with Crippen molar-refractivity contribution in [3.8, 4) is 39.5 Å². The maximum atomic E-state index is 6.34. The van der Waals surface area contributed by atoms with Gasteiger partial charge in [-0.2, -0.15) is 0 Å². The van der Waals surface area contributed by atoms with Crippen molar-refractivity contribution in [2.24, 2.45) is 0 Å². The summed E-state index contributed by atoms with van der Waals surface area (Å²) >= 11 is -1.85. The number of nitrogens with zero attached hydrogens (tertiary/aromatic N) is 4. The van der Waals surface area contributed by atoms with Gasteiger partial charge in [-0.25, -0.2) is 0 Å². The number of hydrogen-bond acceptors (Lipinski definition) is 4. The Morgan fingerprint density at radius 3 is 2.20 bits per heavy atom. The van der Waals surface area contributed by atoms with Gasteiger partial charge in [-0.1, -0.05) is 60.7 Å². The van der Waals surface area contributed by atoms with Crippen molar-refractivity contribution in [3.05, 3.63) is 163 Å². The number of benzene rings is 5. The van der Waals surface area contributed by atoms with Gasteiger partial charge in [0.1, 0.15) is 5.58 Å². The Balaban J connectivity index is 0.000000199. The van der Waals surface area contributed by atoms with E-state index >= 15 is 0 Å². The van der Waals surface area contributed by atoms with E-state index in [-0.39, 0.29) is 20.1 Å². The Bertz CT molecular complexity index is 2730. The topological polar surface area (TPSA) is 56.7 Å². The number of aromatic nitrogens is 4. The molecule has 5 aromatic carbocycles. The normalized spacial score (nSPS) is 11.5. The van der Waals surface area contributed by atoms with E-state index in [1.807, 2.05) is 48.5 Å². The molecule has 9 aromatic rings. The minimum atomic E-state index is -1.85. The van der Waals surface area contributed by atoms with Crippen molar-refractivity contribution in [1.29, 1.82) is 0 Å². The summed E-state index contributed by atoms with van der Waals surface area (Å²) in [5.41, 5.74) is 13.2. The molecule has 9 rings (SSSR count). The summed E-state index contributed by atoms with van der Waals surface area (Å²) in [5, 5.41) is 0.996. The third-order valence-electron chi connectivity index (χ3n) is 9.82. The molecule has 0 fully saturated rings. The first-order chi connectivity index (χ1) is 26.2. The van der Waals surface area contributed by atoms with Crippen LogP contribution in [0.3, 0.4) is 0 Å². The van der Waals surface area contributed by atoms with Gasteiger partial charge in [-0.15, -0.1) is 11.6 Å². The first kappa shape index (κ1) is 38.1. The molecule has 7 heteroatoms. The monoisotopic (exact) mass is 957 g/mol. The number of hydrogen-bond donors (Lipinski definition) is 0. The quantitative estimate of drug-likeness (QED) is 0.123. The zero-order valence-corrected chi connectivity index (χ0v) is 36.4. The van der Waals surface area contributed by atoms with E-state index in [1.54, 1.807) is 6.20 Å². The molecule has 0 saturated carbocycles. The average Bonchev–Trinajstić information content (AvgIpc) is 3.76. The van der Waals surface area contributed by atoms with Crippen molar-refractivity contribution >= 4 is 50.8 Å². The second kappa shape index (κ2) is 15.9. The number of imidazole rings is 1. The fourth-order valence-electron chi connectivity index (χ4n) is 7.04. The van der Waals surface area contributed by atoms with Crippen LogP contribution in [0.4, 0.5) is 0 Å². The van der Waals surface area contributed by atoms with Gasteiger partial charge in [-0.05, 0) is 66.2 Å². The standard InChI is InChI=1S/C31H20N3O.C17H22GeN.Ir/c1-20-11-16-24-28(19-20)35-30-25(17-18-32-29(24)30)31-33-26-9-5-6-10-27(26)34(31)23-14-12-22(13-15-23)21-7-3-2-4-8-21;1-13(2)15-11-17(14-9-7-6-8-10-14)19-12-16(15)18(3,4)5;/h2-16,18-19H,1H3;6-9,11-13H,1-5H3;/q2*-1;. The predicted octanol–water partition coefficient (Wildman–Crippen LogP) is 12.0. The molecule has 4 aromatic heterocycles. The van der Waals surface area contributed by atoms with Gasteiger partial charge >= 0.3 is 119 Å². The summed E-state index contributed by atoms with van der Waals surface area (Å²) in [7, 11) is 0. The molecule has 5 nitrogen and oxygen atoms in total. The molecule has 0 atom stereocenters. The second-order valence-electron chi connectivity index (χ2n) is 15.1. The van der Waals surface area contributed by atoms with Crippen molar-refractivity contribution in [2.45, 2.75) is 44.0 Å². The summed E-state index contributed by atoms with van der Waals surface area (Å²) in [6.07, 6.45) is 3.83. The fourth-order valence-corrected chi connectivity index (χ4v) is 10.6. The maximum Gasteiger partial charge on any atom is 0.119 e. The van der Waals surface area contributed by atoms with Gasteiger partial charge in [0.15, 0.2) is 0 Å². The molecule has 0 unspecified atom stereocenters. The average molecular weight is 956 g/mol. The number of fused-ring (bicyclic) bond motifs is 4. The predicted molar refractivity (Wildman–Crippen MR) is 226 cm³/mol. The van der Waals surface area contributed by atoms with Gasteiger partial charge in [0.05, 0.1) is 22.1 Å². The van der Waals surface area contributed by atoms with Crippen molar-refractivity contribution in [2.75, 3.05) is 0 Å². The van der Waals surface area contributed by atoms with Crippen molar-refractivity contribution < 1.29 is 24.5 Å². The zero-order valence-electron chi connectivity index (χ0n) is 31.9. The van der Waals surface area contributed by atoms with Crippen LogP contribution in [0.1, 0.15) is 30.9 Å². The number of furan rings is 1.